The summed E-state index contributed by atoms with van der Waals surface area (Å²) in [6.07, 6.45) is 10.7. The summed E-state index contributed by atoms with van der Waals surface area (Å²) >= 11 is 0. The van der Waals surface area contributed by atoms with E-state index in [-0.39, 0.29) is 0 Å². The van der Waals surface area contributed by atoms with Gasteiger partial charge in [0.25, 0.3) is 0 Å². The predicted octanol–water partition coefficient (Wildman–Crippen LogP) is 8.13. The maximum atomic E-state index is 5.26. The zero-order valence-corrected chi connectivity index (χ0v) is 24.3. The number of pyridine rings is 4. The second-order valence-electron chi connectivity index (χ2n) is 11.0. The Morgan fingerprint density at radius 3 is 1.33 bits per heavy atom. The summed E-state index contributed by atoms with van der Waals surface area (Å²) in [6.45, 7) is 0. The van der Waals surface area contributed by atoms with Crippen molar-refractivity contribution in [2.45, 2.75) is 0 Å². The van der Waals surface area contributed by atoms with Crippen molar-refractivity contribution < 1.29 is 0 Å². The molecule has 0 aliphatic rings. The molecule has 46 heavy (non-hydrogen) atoms. The van der Waals surface area contributed by atoms with Gasteiger partial charge >= 0.3 is 0 Å². The van der Waals surface area contributed by atoms with Crippen molar-refractivity contribution in [2.24, 2.45) is 0 Å². The van der Waals surface area contributed by atoms with E-state index in [2.05, 4.69) is 58.5 Å². The van der Waals surface area contributed by atoms with E-state index in [9.17, 15) is 0 Å². The molecule has 0 aliphatic carbocycles. The van der Waals surface area contributed by atoms with Crippen LogP contribution in [0.1, 0.15) is 0 Å². The quantitative estimate of drug-likeness (QED) is 0.189. The number of fused-ring (bicyclic) bond motifs is 5. The second kappa shape index (κ2) is 10.6. The van der Waals surface area contributed by atoms with Gasteiger partial charge in [-0.3, -0.25) is 9.97 Å². The number of hydrogen-bond acceptors (Lipinski definition) is 8. The molecule has 0 atom stereocenters. The molecular weight excluding hydrogens is 568 g/mol. The van der Waals surface area contributed by atoms with Crippen molar-refractivity contribution in [3.63, 3.8) is 0 Å². The lowest BCUT2D eigenvalue weighted by molar-refractivity contribution is 1.21. The van der Waals surface area contributed by atoms with Crippen LogP contribution in [-0.2, 0) is 0 Å². The third kappa shape index (κ3) is 4.39. The van der Waals surface area contributed by atoms with Crippen molar-refractivity contribution in [1.82, 2.24) is 39.9 Å². The van der Waals surface area contributed by atoms with Crippen LogP contribution in [0.15, 0.2) is 134 Å². The van der Waals surface area contributed by atoms with Crippen molar-refractivity contribution in [2.75, 3.05) is 0 Å². The summed E-state index contributed by atoms with van der Waals surface area (Å²) in [5.74, 6) is 1.18. The minimum absolute atomic E-state index is 0.592. The predicted molar refractivity (Wildman–Crippen MR) is 181 cm³/mol. The van der Waals surface area contributed by atoms with Gasteiger partial charge in [-0.25, -0.2) is 29.9 Å². The van der Waals surface area contributed by atoms with Crippen LogP contribution in [0.25, 0.3) is 88.9 Å². The Balaban J connectivity index is 1.39. The van der Waals surface area contributed by atoms with Crippen LogP contribution in [0.5, 0.6) is 0 Å². The molecule has 9 aromatic rings. The monoisotopic (exact) mass is 590 g/mol. The van der Waals surface area contributed by atoms with Crippen LogP contribution in [0.2, 0.25) is 0 Å². The smallest absolute Gasteiger partial charge is 0.160 e. The molecule has 0 aliphatic heterocycles. The van der Waals surface area contributed by atoms with E-state index in [1.54, 1.807) is 24.8 Å². The molecule has 0 bridgehead atoms. The largest absolute Gasteiger partial charge is 0.262 e. The van der Waals surface area contributed by atoms with Crippen molar-refractivity contribution in [1.29, 1.82) is 0 Å². The Hall–Kier alpha value is -6.54. The normalized spacial score (nSPS) is 11.5. The Morgan fingerprint density at radius 1 is 0.413 bits per heavy atom. The fourth-order valence-electron chi connectivity index (χ4n) is 5.86. The van der Waals surface area contributed by atoms with Crippen molar-refractivity contribution in [3.8, 4) is 45.3 Å². The van der Waals surface area contributed by atoms with Crippen LogP contribution in [0, 0.1) is 0 Å². The van der Waals surface area contributed by atoms with E-state index in [0.717, 1.165) is 77.3 Å². The standard InChI is InChI=1S/C38H22N8/c1-3-7-23(8-4-1)31-17-29(37-41-19-25-13-15-39-21-33(25)45-37)27-11-12-28-30(38-42-20-26-14-16-40-22-34(26)46-38)18-32(24-9-5-2-6-10-24)44-36(28)35(27)43-31/h1-22H. The molecule has 9 rings (SSSR count). The van der Waals surface area contributed by atoms with Crippen LogP contribution in [-0.4, -0.2) is 39.9 Å². The SMILES string of the molecule is c1ccc(-c2cc(-c3ncc4ccncc4n3)c3ccc4c(-c5ncc6ccncc6n5)cc(-c5ccccc5)nc4c3n2)cc1. The lowest BCUT2D eigenvalue weighted by atomic mass is 9.98. The molecule has 3 aromatic carbocycles. The van der Waals surface area contributed by atoms with Gasteiger partial charge in [-0.2, -0.15) is 0 Å². The van der Waals surface area contributed by atoms with Gasteiger partial charge in [0.05, 0.1) is 45.8 Å². The van der Waals surface area contributed by atoms with Crippen molar-refractivity contribution in [3.05, 3.63) is 134 Å². The number of benzene rings is 3. The Kier molecular flexibility index (Phi) is 5.95. The van der Waals surface area contributed by atoms with Crippen LogP contribution < -0.4 is 0 Å². The first-order valence-electron chi connectivity index (χ1n) is 14.8. The number of aromatic nitrogens is 8. The number of hydrogen-bond donors (Lipinski definition) is 0. The first-order valence-corrected chi connectivity index (χ1v) is 14.8. The Morgan fingerprint density at radius 2 is 0.870 bits per heavy atom. The molecule has 214 valence electrons. The zero-order valence-electron chi connectivity index (χ0n) is 24.3. The highest BCUT2D eigenvalue weighted by Gasteiger charge is 2.19. The lowest BCUT2D eigenvalue weighted by Crippen LogP contribution is -1.98. The summed E-state index contributed by atoms with van der Waals surface area (Å²) in [5, 5.41) is 3.64. The van der Waals surface area contributed by atoms with Gasteiger partial charge in [-0.15, -0.1) is 0 Å². The molecule has 0 fully saturated rings. The molecule has 0 spiro atoms. The minimum atomic E-state index is 0.592. The zero-order chi connectivity index (χ0) is 30.5. The second-order valence-corrected chi connectivity index (χ2v) is 11.0. The fourth-order valence-corrected chi connectivity index (χ4v) is 5.86. The van der Waals surface area contributed by atoms with Gasteiger partial charge in [0, 0.05) is 68.6 Å². The minimum Gasteiger partial charge on any atom is -0.262 e. The third-order valence-electron chi connectivity index (χ3n) is 8.15. The molecule has 0 saturated heterocycles. The molecular formula is C38H22N8. The molecule has 0 N–H and O–H groups in total. The average molecular weight is 591 g/mol. The van der Waals surface area contributed by atoms with Crippen molar-refractivity contribution >= 4 is 43.6 Å². The average Bonchev–Trinajstić information content (AvgIpc) is 3.14. The fraction of sp³-hybridized carbons (Fsp3) is 0. The van der Waals surface area contributed by atoms with E-state index >= 15 is 0 Å². The molecule has 8 heteroatoms. The van der Waals surface area contributed by atoms with Gasteiger partial charge in [0.1, 0.15) is 0 Å². The molecule has 6 aromatic heterocycles. The van der Waals surface area contributed by atoms with E-state index in [0.29, 0.717) is 11.6 Å². The highest BCUT2D eigenvalue weighted by Crippen LogP contribution is 2.38. The maximum absolute atomic E-state index is 5.26. The van der Waals surface area contributed by atoms with Gasteiger partial charge in [0.15, 0.2) is 11.6 Å². The van der Waals surface area contributed by atoms with Crippen LogP contribution >= 0.6 is 0 Å². The Bertz CT molecular complexity index is 2410. The summed E-state index contributed by atoms with van der Waals surface area (Å²) < 4.78 is 0. The number of rotatable bonds is 4. The van der Waals surface area contributed by atoms with E-state index < -0.39 is 0 Å². The van der Waals surface area contributed by atoms with Gasteiger partial charge < -0.3 is 0 Å². The van der Waals surface area contributed by atoms with Gasteiger partial charge in [-0.1, -0.05) is 72.8 Å². The first kappa shape index (κ1) is 25.9. The van der Waals surface area contributed by atoms with Gasteiger partial charge in [0.2, 0.25) is 0 Å². The lowest BCUT2D eigenvalue weighted by Gasteiger charge is -2.14. The highest BCUT2D eigenvalue weighted by molar-refractivity contribution is 6.12. The maximum Gasteiger partial charge on any atom is 0.160 e. The van der Waals surface area contributed by atoms with Gasteiger partial charge in [-0.05, 0) is 24.3 Å². The molecule has 6 heterocycles. The summed E-state index contributed by atoms with van der Waals surface area (Å²) in [7, 11) is 0. The summed E-state index contributed by atoms with van der Waals surface area (Å²) in [4.78, 5) is 38.5. The summed E-state index contributed by atoms with van der Waals surface area (Å²) in [6, 6.07) is 32.3. The van der Waals surface area contributed by atoms with E-state index in [1.165, 1.54) is 0 Å². The molecule has 0 radical (unpaired) electrons. The van der Waals surface area contributed by atoms with Crippen LogP contribution in [0.3, 0.4) is 0 Å². The topological polar surface area (TPSA) is 103 Å². The van der Waals surface area contributed by atoms with E-state index in [1.807, 2.05) is 60.9 Å². The molecule has 0 amide bonds. The Labute approximate surface area is 262 Å². The highest BCUT2D eigenvalue weighted by atomic mass is 14.9. The molecule has 8 nitrogen and oxygen atoms in total. The van der Waals surface area contributed by atoms with Crippen LogP contribution in [0.4, 0.5) is 0 Å². The molecule has 0 unspecified atom stereocenters. The third-order valence-corrected chi connectivity index (χ3v) is 8.15. The molecule has 0 saturated carbocycles. The first-order chi connectivity index (χ1) is 22.8. The number of nitrogens with zero attached hydrogens (tertiary/aromatic N) is 8. The van der Waals surface area contributed by atoms with E-state index in [4.69, 9.17) is 29.9 Å². The summed E-state index contributed by atoms with van der Waals surface area (Å²) in [5.41, 5.74) is 8.30.